The SMILES string of the molecule is O=Cc1cccn1-c1cc([N+](=O)[O-])ccc1Cl. The zero-order chi connectivity index (χ0) is 12.4. The van der Waals surface area contributed by atoms with E-state index in [0.717, 1.165) is 0 Å². The summed E-state index contributed by atoms with van der Waals surface area (Å²) in [4.78, 5) is 21.0. The van der Waals surface area contributed by atoms with Gasteiger partial charge in [-0.3, -0.25) is 14.9 Å². The van der Waals surface area contributed by atoms with Gasteiger partial charge in [-0.2, -0.15) is 0 Å². The molecule has 0 radical (unpaired) electrons. The Morgan fingerprint density at radius 3 is 2.76 bits per heavy atom. The normalized spacial score (nSPS) is 10.2. The highest BCUT2D eigenvalue weighted by atomic mass is 35.5. The van der Waals surface area contributed by atoms with Crippen LogP contribution in [-0.4, -0.2) is 15.8 Å². The van der Waals surface area contributed by atoms with E-state index in [4.69, 9.17) is 11.6 Å². The molecule has 0 saturated carbocycles. The predicted molar refractivity (Wildman–Crippen MR) is 62.8 cm³/mol. The summed E-state index contributed by atoms with van der Waals surface area (Å²) < 4.78 is 1.50. The van der Waals surface area contributed by atoms with E-state index >= 15 is 0 Å². The Kier molecular flexibility index (Phi) is 2.93. The van der Waals surface area contributed by atoms with Crippen LogP contribution in [0.15, 0.2) is 36.5 Å². The van der Waals surface area contributed by atoms with E-state index in [1.54, 1.807) is 18.3 Å². The summed E-state index contributed by atoms with van der Waals surface area (Å²) in [5, 5.41) is 11.0. The molecule has 6 heteroatoms. The number of nitro groups is 1. The molecular weight excluding hydrogens is 244 g/mol. The minimum atomic E-state index is -0.510. The van der Waals surface area contributed by atoms with Gasteiger partial charge in [0.25, 0.3) is 5.69 Å². The van der Waals surface area contributed by atoms with E-state index in [9.17, 15) is 14.9 Å². The average Bonchev–Trinajstić information content (AvgIpc) is 2.77. The summed E-state index contributed by atoms with van der Waals surface area (Å²) in [6.45, 7) is 0. The second kappa shape index (κ2) is 4.39. The van der Waals surface area contributed by atoms with Gasteiger partial charge >= 0.3 is 0 Å². The lowest BCUT2D eigenvalue weighted by Gasteiger charge is -2.07. The van der Waals surface area contributed by atoms with Crippen molar-refractivity contribution in [2.45, 2.75) is 0 Å². The monoisotopic (exact) mass is 250 g/mol. The predicted octanol–water partition coefficient (Wildman–Crippen LogP) is 2.85. The minimum Gasteiger partial charge on any atom is -0.312 e. The lowest BCUT2D eigenvalue weighted by Crippen LogP contribution is -1.99. The zero-order valence-electron chi connectivity index (χ0n) is 8.54. The van der Waals surface area contributed by atoms with Gasteiger partial charge in [-0.1, -0.05) is 11.6 Å². The van der Waals surface area contributed by atoms with Crippen molar-refractivity contribution in [3.05, 3.63) is 57.4 Å². The van der Waals surface area contributed by atoms with Crippen LogP contribution in [0.2, 0.25) is 5.02 Å². The van der Waals surface area contributed by atoms with Crippen molar-refractivity contribution < 1.29 is 9.72 Å². The second-order valence-electron chi connectivity index (χ2n) is 3.31. The Labute approximate surface area is 101 Å². The number of aromatic nitrogens is 1. The van der Waals surface area contributed by atoms with Crippen LogP contribution in [0.3, 0.4) is 0 Å². The van der Waals surface area contributed by atoms with Crippen LogP contribution in [-0.2, 0) is 0 Å². The van der Waals surface area contributed by atoms with Gasteiger partial charge in [-0.05, 0) is 18.2 Å². The minimum absolute atomic E-state index is 0.0741. The molecule has 1 aromatic heterocycles. The number of non-ortho nitro benzene ring substituents is 1. The molecule has 5 nitrogen and oxygen atoms in total. The molecule has 0 saturated heterocycles. The van der Waals surface area contributed by atoms with E-state index in [1.165, 1.54) is 22.8 Å². The fourth-order valence-corrected chi connectivity index (χ4v) is 1.72. The first-order valence-corrected chi connectivity index (χ1v) is 5.08. The van der Waals surface area contributed by atoms with Crippen LogP contribution in [0.1, 0.15) is 10.5 Å². The molecule has 2 aromatic rings. The van der Waals surface area contributed by atoms with Gasteiger partial charge in [0, 0.05) is 18.3 Å². The van der Waals surface area contributed by atoms with Crippen LogP contribution >= 0.6 is 11.6 Å². The van der Waals surface area contributed by atoms with Crippen LogP contribution in [0.25, 0.3) is 5.69 Å². The lowest BCUT2D eigenvalue weighted by atomic mass is 10.2. The number of hydrogen-bond donors (Lipinski definition) is 0. The number of nitrogens with zero attached hydrogens (tertiary/aromatic N) is 2. The van der Waals surface area contributed by atoms with Crippen LogP contribution in [0.4, 0.5) is 5.69 Å². The van der Waals surface area contributed by atoms with Crippen molar-refractivity contribution in [2.24, 2.45) is 0 Å². The molecule has 0 amide bonds. The standard InChI is InChI=1S/C11H7ClN2O3/c12-10-4-3-8(14(16)17)6-11(10)13-5-1-2-9(13)7-15/h1-7H. The van der Waals surface area contributed by atoms with Gasteiger partial charge in [0.2, 0.25) is 0 Å². The Bertz CT molecular complexity index is 592. The van der Waals surface area contributed by atoms with Crippen molar-refractivity contribution in [1.82, 2.24) is 4.57 Å². The molecule has 0 atom stereocenters. The van der Waals surface area contributed by atoms with Crippen molar-refractivity contribution in [2.75, 3.05) is 0 Å². The van der Waals surface area contributed by atoms with Crippen molar-refractivity contribution >= 4 is 23.6 Å². The fourth-order valence-electron chi connectivity index (χ4n) is 1.51. The zero-order valence-corrected chi connectivity index (χ0v) is 9.29. The van der Waals surface area contributed by atoms with Gasteiger partial charge in [0.1, 0.15) is 0 Å². The smallest absolute Gasteiger partial charge is 0.271 e. The molecule has 0 N–H and O–H groups in total. The maximum atomic E-state index is 10.8. The molecule has 1 heterocycles. The van der Waals surface area contributed by atoms with Crippen LogP contribution < -0.4 is 0 Å². The number of carbonyl (C=O) groups excluding carboxylic acids is 1. The Hall–Kier alpha value is -2.14. The number of benzene rings is 1. The summed E-state index contributed by atoms with van der Waals surface area (Å²) in [5.41, 5.74) is 0.718. The molecule has 0 spiro atoms. The van der Waals surface area contributed by atoms with Crippen LogP contribution in [0, 0.1) is 10.1 Å². The highest BCUT2D eigenvalue weighted by molar-refractivity contribution is 6.32. The summed E-state index contributed by atoms with van der Waals surface area (Å²) in [6, 6.07) is 7.34. The third kappa shape index (κ3) is 2.05. The van der Waals surface area contributed by atoms with E-state index in [-0.39, 0.29) is 5.69 Å². The highest BCUT2D eigenvalue weighted by Crippen LogP contribution is 2.26. The van der Waals surface area contributed by atoms with Crippen molar-refractivity contribution in [3.63, 3.8) is 0 Å². The summed E-state index contributed by atoms with van der Waals surface area (Å²) in [7, 11) is 0. The molecule has 2 rings (SSSR count). The maximum Gasteiger partial charge on any atom is 0.271 e. The molecule has 17 heavy (non-hydrogen) atoms. The van der Waals surface area contributed by atoms with Gasteiger partial charge < -0.3 is 4.57 Å². The number of hydrogen-bond acceptors (Lipinski definition) is 3. The van der Waals surface area contributed by atoms with Crippen LogP contribution in [0.5, 0.6) is 0 Å². The molecule has 0 bridgehead atoms. The fraction of sp³-hybridized carbons (Fsp3) is 0. The Morgan fingerprint density at radius 1 is 1.35 bits per heavy atom. The van der Waals surface area contributed by atoms with Crippen molar-refractivity contribution in [1.29, 1.82) is 0 Å². The molecule has 0 aliphatic carbocycles. The summed E-state index contributed by atoms with van der Waals surface area (Å²) in [5.74, 6) is 0. The molecule has 0 fully saturated rings. The number of nitro benzene ring substituents is 1. The molecular formula is C11H7ClN2O3. The number of aldehydes is 1. The first-order chi connectivity index (χ1) is 8.13. The lowest BCUT2D eigenvalue weighted by molar-refractivity contribution is -0.384. The first kappa shape index (κ1) is 11.3. The van der Waals surface area contributed by atoms with Gasteiger partial charge in [-0.15, -0.1) is 0 Å². The van der Waals surface area contributed by atoms with E-state index < -0.39 is 4.92 Å². The average molecular weight is 251 g/mol. The molecule has 1 aromatic carbocycles. The summed E-state index contributed by atoms with van der Waals surface area (Å²) in [6.07, 6.45) is 2.28. The number of halogens is 1. The van der Waals surface area contributed by atoms with Gasteiger partial charge in [-0.25, -0.2) is 0 Å². The van der Waals surface area contributed by atoms with E-state index in [2.05, 4.69) is 0 Å². The quantitative estimate of drug-likeness (QED) is 0.478. The highest BCUT2D eigenvalue weighted by Gasteiger charge is 2.12. The maximum absolute atomic E-state index is 10.8. The number of carbonyl (C=O) groups is 1. The molecule has 86 valence electrons. The Balaban J connectivity index is 2.62. The first-order valence-electron chi connectivity index (χ1n) is 4.70. The molecule has 0 unspecified atom stereocenters. The van der Waals surface area contributed by atoms with Gasteiger partial charge in [0.15, 0.2) is 6.29 Å². The van der Waals surface area contributed by atoms with E-state index in [1.807, 2.05) is 0 Å². The Morgan fingerprint density at radius 2 is 2.12 bits per heavy atom. The van der Waals surface area contributed by atoms with Crippen molar-refractivity contribution in [3.8, 4) is 5.69 Å². The summed E-state index contributed by atoms with van der Waals surface area (Å²) >= 11 is 5.96. The topological polar surface area (TPSA) is 65.1 Å². The molecule has 0 aliphatic heterocycles. The number of rotatable bonds is 3. The van der Waals surface area contributed by atoms with E-state index in [0.29, 0.717) is 22.7 Å². The molecule has 0 aliphatic rings. The third-order valence-corrected chi connectivity index (χ3v) is 2.62. The van der Waals surface area contributed by atoms with Gasteiger partial charge in [0.05, 0.1) is 21.3 Å². The third-order valence-electron chi connectivity index (χ3n) is 2.30. The largest absolute Gasteiger partial charge is 0.312 e. The second-order valence-corrected chi connectivity index (χ2v) is 3.72.